The Balaban J connectivity index is 1.99. The molecule has 0 atom stereocenters. The number of fused-ring (bicyclic) bond motifs is 4. The second-order valence-corrected chi connectivity index (χ2v) is 8.70. The lowest BCUT2D eigenvalue weighted by Crippen LogP contribution is -2.38. The summed E-state index contributed by atoms with van der Waals surface area (Å²) in [7, 11) is 0. The van der Waals surface area contributed by atoms with Gasteiger partial charge in [0.2, 0.25) is 0 Å². The third-order valence-corrected chi connectivity index (χ3v) is 6.48. The Kier molecular flexibility index (Phi) is 3.08. The highest BCUT2D eigenvalue weighted by atomic mass is 16.1. The molecule has 0 saturated heterocycles. The highest BCUT2D eigenvalue weighted by Gasteiger charge is 2.45. The van der Waals surface area contributed by atoms with Crippen LogP contribution < -0.4 is 4.90 Å². The van der Waals surface area contributed by atoms with Crippen LogP contribution in [0.2, 0.25) is 0 Å². The fourth-order valence-corrected chi connectivity index (χ4v) is 4.97. The van der Waals surface area contributed by atoms with E-state index in [-0.39, 0.29) is 10.8 Å². The highest BCUT2D eigenvalue weighted by Crippen LogP contribution is 2.59. The molecule has 2 nitrogen and oxygen atoms in total. The summed E-state index contributed by atoms with van der Waals surface area (Å²) < 4.78 is 0. The molecule has 0 fully saturated rings. The number of carbonyl (C=O) groups excluding carboxylic acids is 1. The second-order valence-electron chi connectivity index (χ2n) is 8.70. The van der Waals surface area contributed by atoms with Crippen LogP contribution in [0.1, 0.15) is 60.3 Å². The van der Waals surface area contributed by atoms with Gasteiger partial charge in [-0.1, -0.05) is 64.1 Å². The zero-order valence-corrected chi connectivity index (χ0v) is 16.2. The van der Waals surface area contributed by atoms with E-state index in [9.17, 15) is 4.79 Å². The molecule has 2 aliphatic heterocycles. The van der Waals surface area contributed by atoms with E-state index in [1.54, 1.807) is 0 Å². The predicted molar refractivity (Wildman–Crippen MR) is 111 cm³/mol. The molecular formula is C25H23NO. The van der Waals surface area contributed by atoms with Crippen molar-refractivity contribution in [3.8, 4) is 0 Å². The number of benzene rings is 3. The fourth-order valence-electron chi connectivity index (χ4n) is 4.97. The first-order chi connectivity index (χ1) is 12.9. The lowest BCUT2D eigenvalue weighted by molar-refractivity contribution is 0.112. The minimum absolute atomic E-state index is 0.168. The summed E-state index contributed by atoms with van der Waals surface area (Å²) in [6.07, 6.45) is 0.980. The van der Waals surface area contributed by atoms with E-state index in [1.807, 2.05) is 0 Å². The number of rotatable bonds is 1. The van der Waals surface area contributed by atoms with Gasteiger partial charge in [-0.15, -0.1) is 0 Å². The number of anilines is 3. The van der Waals surface area contributed by atoms with Crippen molar-refractivity contribution in [2.24, 2.45) is 0 Å². The minimum Gasteiger partial charge on any atom is -0.309 e. The Hall–Kier alpha value is -2.87. The molecule has 27 heavy (non-hydrogen) atoms. The van der Waals surface area contributed by atoms with E-state index in [0.29, 0.717) is 0 Å². The maximum Gasteiger partial charge on any atom is 0.150 e. The van der Waals surface area contributed by atoms with E-state index in [4.69, 9.17) is 0 Å². The third kappa shape index (κ3) is 1.93. The van der Waals surface area contributed by atoms with Crippen LogP contribution in [0.4, 0.5) is 17.1 Å². The molecule has 3 aromatic rings. The van der Waals surface area contributed by atoms with Crippen LogP contribution in [0, 0.1) is 0 Å². The molecule has 0 aromatic heterocycles. The molecule has 2 heteroatoms. The van der Waals surface area contributed by atoms with Gasteiger partial charge in [-0.3, -0.25) is 4.79 Å². The summed E-state index contributed by atoms with van der Waals surface area (Å²) in [5, 5.41) is 0. The molecule has 0 spiro atoms. The first-order valence-corrected chi connectivity index (χ1v) is 9.50. The molecule has 0 N–H and O–H groups in total. The van der Waals surface area contributed by atoms with E-state index < -0.39 is 0 Å². The quantitative estimate of drug-likeness (QED) is 0.482. The zero-order valence-electron chi connectivity index (χ0n) is 16.2. The van der Waals surface area contributed by atoms with Crippen LogP contribution in [0.3, 0.4) is 0 Å². The number of para-hydroxylation sites is 2. The molecule has 0 radical (unpaired) electrons. The standard InChI is InChI=1S/C25H23NO/c1-24(2)17-9-5-7-11-21(17)26-22-12-8-6-10-18(22)25(3,4)20-14-16(15-27)13-19(24)23(20)26/h5-15H,1-4H3. The lowest BCUT2D eigenvalue weighted by Gasteiger charge is -2.49. The number of carbonyl (C=O) groups is 1. The van der Waals surface area contributed by atoms with Crippen molar-refractivity contribution in [2.45, 2.75) is 38.5 Å². The van der Waals surface area contributed by atoms with Crippen molar-refractivity contribution in [1.29, 1.82) is 0 Å². The smallest absolute Gasteiger partial charge is 0.150 e. The van der Waals surface area contributed by atoms with E-state index in [0.717, 1.165) is 11.8 Å². The molecule has 3 aromatic carbocycles. The molecule has 5 rings (SSSR count). The van der Waals surface area contributed by atoms with Gasteiger partial charge in [0, 0.05) is 16.4 Å². The van der Waals surface area contributed by atoms with Gasteiger partial charge in [0.05, 0.1) is 17.1 Å². The zero-order chi connectivity index (χ0) is 19.0. The van der Waals surface area contributed by atoms with E-state index in [1.165, 1.54) is 39.3 Å². The molecule has 2 aliphatic rings. The van der Waals surface area contributed by atoms with Gasteiger partial charge in [0.1, 0.15) is 6.29 Å². The van der Waals surface area contributed by atoms with Crippen LogP contribution in [0.5, 0.6) is 0 Å². The summed E-state index contributed by atoms with van der Waals surface area (Å²) in [5.41, 5.74) is 9.17. The van der Waals surface area contributed by atoms with Gasteiger partial charge in [0.25, 0.3) is 0 Å². The third-order valence-electron chi connectivity index (χ3n) is 6.48. The first kappa shape index (κ1) is 16.3. The van der Waals surface area contributed by atoms with Crippen LogP contribution in [-0.4, -0.2) is 6.29 Å². The van der Waals surface area contributed by atoms with Crippen molar-refractivity contribution >= 4 is 23.3 Å². The lowest BCUT2D eigenvalue weighted by atomic mass is 9.66. The van der Waals surface area contributed by atoms with Crippen LogP contribution in [0.15, 0.2) is 60.7 Å². The van der Waals surface area contributed by atoms with Crippen molar-refractivity contribution in [1.82, 2.24) is 0 Å². The van der Waals surface area contributed by atoms with Crippen LogP contribution in [-0.2, 0) is 10.8 Å². The monoisotopic (exact) mass is 353 g/mol. The Morgan fingerprint density at radius 1 is 0.704 bits per heavy atom. The number of hydrogen-bond donors (Lipinski definition) is 0. The van der Waals surface area contributed by atoms with Crippen molar-refractivity contribution < 1.29 is 4.79 Å². The van der Waals surface area contributed by atoms with Gasteiger partial charge >= 0.3 is 0 Å². The Bertz CT molecular complexity index is 1030. The molecule has 0 saturated carbocycles. The van der Waals surface area contributed by atoms with E-state index in [2.05, 4.69) is 93.3 Å². The summed E-state index contributed by atoms with van der Waals surface area (Å²) >= 11 is 0. The van der Waals surface area contributed by atoms with Crippen molar-refractivity contribution in [3.05, 3.63) is 88.5 Å². The number of nitrogens with zero attached hydrogens (tertiary/aromatic N) is 1. The number of hydrogen-bond acceptors (Lipinski definition) is 2. The van der Waals surface area contributed by atoms with E-state index >= 15 is 0 Å². The Labute approximate surface area is 160 Å². The molecule has 0 aliphatic carbocycles. The van der Waals surface area contributed by atoms with Crippen molar-refractivity contribution in [3.63, 3.8) is 0 Å². The predicted octanol–water partition coefficient (Wildman–Crippen LogP) is 6.25. The van der Waals surface area contributed by atoms with Gasteiger partial charge in [-0.05, 0) is 46.5 Å². The summed E-state index contributed by atoms with van der Waals surface area (Å²) in [6, 6.07) is 21.5. The second kappa shape index (κ2) is 5.10. The topological polar surface area (TPSA) is 20.3 Å². The maximum atomic E-state index is 11.8. The molecular weight excluding hydrogens is 330 g/mol. The summed E-state index contributed by atoms with van der Waals surface area (Å²) in [5.74, 6) is 0. The number of aldehydes is 1. The van der Waals surface area contributed by atoms with Crippen LogP contribution >= 0.6 is 0 Å². The SMILES string of the molecule is CC1(C)c2ccccc2N2c3ccccc3C(C)(C)c3cc(C=O)cc1c32. The molecule has 0 unspecified atom stereocenters. The maximum absolute atomic E-state index is 11.8. The average molecular weight is 353 g/mol. The summed E-state index contributed by atoms with van der Waals surface area (Å²) in [4.78, 5) is 14.2. The first-order valence-electron chi connectivity index (χ1n) is 9.50. The molecule has 2 heterocycles. The normalized spacial score (nSPS) is 17.6. The van der Waals surface area contributed by atoms with Crippen molar-refractivity contribution in [2.75, 3.05) is 4.90 Å². The average Bonchev–Trinajstić information content (AvgIpc) is 2.67. The molecule has 0 amide bonds. The highest BCUT2D eigenvalue weighted by molar-refractivity contribution is 5.94. The minimum atomic E-state index is -0.168. The largest absolute Gasteiger partial charge is 0.309 e. The Morgan fingerprint density at radius 2 is 1.15 bits per heavy atom. The van der Waals surface area contributed by atoms with Gasteiger partial charge in [0.15, 0.2) is 0 Å². The van der Waals surface area contributed by atoms with Gasteiger partial charge < -0.3 is 4.90 Å². The molecule has 134 valence electrons. The summed E-state index contributed by atoms with van der Waals surface area (Å²) in [6.45, 7) is 9.06. The van der Waals surface area contributed by atoms with Gasteiger partial charge in [-0.25, -0.2) is 0 Å². The van der Waals surface area contributed by atoms with Crippen LogP contribution in [0.25, 0.3) is 0 Å². The molecule has 0 bridgehead atoms. The fraction of sp³-hybridized carbons (Fsp3) is 0.240. The Morgan fingerprint density at radius 3 is 1.59 bits per heavy atom. The van der Waals surface area contributed by atoms with Gasteiger partial charge in [-0.2, -0.15) is 0 Å².